The maximum atomic E-state index is 13.9. The van der Waals surface area contributed by atoms with E-state index in [0.717, 1.165) is 0 Å². The number of hydrazone groups is 2. The molecule has 0 saturated carbocycles. The van der Waals surface area contributed by atoms with Gasteiger partial charge in [-0.2, -0.15) is 10.2 Å². The van der Waals surface area contributed by atoms with Crippen molar-refractivity contribution < 1.29 is 28.0 Å². The largest absolute Gasteiger partial charge is 0.464 e. The Labute approximate surface area is 233 Å². The minimum atomic E-state index is -1.17. The van der Waals surface area contributed by atoms with Crippen molar-refractivity contribution in [2.75, 3.05) is 13.1 Å². The SMILES string of the molecule is CC1(C)C(=O)C2=NNC[C@@H]2C(=O)C(C)(C)c2ccc(o2)C(C)(C)C(=O)C2=NNC[C@H]2C(=O)C(C)(C)c2ccc1o2. The van der Waals surface area contributed by atoms with Gasteiger partial charge in [0.1, 0.15) is 34.5 Å². The van der Waals surface area contributed by atoms with E-state index in [9.17, 15) is 19.2 Å². The molecule has 2 atom stereocenters. The van der Waals surface area contributed by atoms with E-state index >= 15 is 0 Å². The molecule has 40 heavy (non-hydrogen) atoms. The average molecular weight is 549 g/mol. The Bertz CT molecular complexity index is 1390. The van der Waals surface area contributed by atoms with Crippen LogP contribution in [0.5, 0.6) is 0 Å². The smallest absolute Gasteiger partial charge is 0.192 e. The van der Waals surface area contributed by atoms with Crippen LogP contribution in [0.3, 0.4) is 0 Å². The molecule has 5 heterocycles. The third-order valence-electron chi connectivity index (χ3n) is 8.79. The summed E-state index contributed by atoms with van der Waals surface area (Å²) in [5.74, 6) is -1.36. The van der Waals surface area contributed by atoms with Gasteiger partial charge in [0.25, 0.3) is 0 Å². The zero-order valence-electron chi connectivity index (χ0n) is 24.2. The monoisotopic (exact) mass is 548 g/mol. The van der Waals surface area contributed by atoms with Gasteiger partial charge in [-0.15, -0.1) is 0 Å². The average Bonchev–Trinajstić information content (AvgIpc) is 3.71. The number of fused-ring (bicyclic) bond motifs is 6. The number of ketones is 4. The lowest BCUT2D eigenvalue weighted by Gasteiger charge is -2.29. The first-order valence-electron chi connectivity index (χ1n) is 13.5. The zero-order valence-corrected chi connectivity index (χ0v) is 24.2. The van der Waals surface area contributed by atoms with E-state index in [1.807, 2.05) is 0 Å². The number of furan rings is 2. The first-order chi connectivity index (χ1) is 18.5. The van der Waals surface area contributed by atoms with Crippen molar-refractivity contribution in [1.29, 1.82) is 0 Å². The van der Waals surface area contributed by atoms with Gasteiger partial charge in [0, 0.05) is 13.1 Å². The molecule has 0 aromatic carbocycles. The van der Waals surface area contributed by atoms with Crippen molar-refractivity contribution >= 4 is 34.6 Å². The molecule has 2 aromatic heterocycles. The van der Waals surface area contributed by atoms with Gasteiger partial charge in [-0.05, 0) is 79.7 Å². The molecule has 10 heteroatoms. The highest BCUT2D eigenvalue weighted by atomic mass is 16.3. The Morgan fingerprint density at radius 3 is 1.20 bits per heavy atom. The van der Waals surface area contributed by atoms with Crippen molar-refractivity contribution in [3.63, 3.8) is 0 Å². The highest BCUT2D eigenvalue weighted by molar-refractivity contribution is 6.48. The van der Waals surface area contributed by atoms with E-state index < -0.39 is 33.5 Å². The Morgan fingerprint density at radius 2 is 0.875 bits per heavy atom. The Balaban J connectivity index is 1.67. The van der Waals surface area contributed by atoms with Gasteiger partial charge in [0.15, 0.2) is 23.1 Å². The number of hydrogen-bond acceptors (Lipinski definition) is 10. The van der Waals surface area contributed by atoms with Gasteiger partial charge >= 0.3 is 0 Å². The molecule has 0 fully saturated rings. The Morgan fingerprint density at radius 1 is 0.575 bits per heavy atom. The molecule has 0 aliphatic carbocycles. The predicted molar refractivity (Wildman–Crippen MR) is 147 cm³/mol. The molecule has 212 valence electrons. The second-order valence-corrected chi connectivity index (χ2v) is 13.0. The van der Waals surface area contributed by atoms with E-state index in [0.29, 0.717) is 23.0 Å². The molecule has 4 bridgehead atoms. The van der Waals surface area contributed by atoms with Crippen LogP contribution in [-0.2, 0) is 40.8 Å². The molecule has 0 saturated heterocycles. The van der Waals surface area contributed by atoms with Crippen LogP contribution >= 0.6 is 0 Å². The van der Waals surface area contributed by atoms with Crippen molar-refractivity contribution in [2.24, 2.45) is 22.0 Å². The molecule has 0 radical (unpaired) electrons. The van der Waals surface area contributed by atoms with Gasteiger partial charge in [0.05, 0.1) is 33.5 Å². The minimum Gasteiger partial charge on any atom is -0.464 e. The maximum absolute atomic E-state index is 13.9. The van der Waals surface area contributed by atoms with Crippen LogP contribution in [0.15, 0.2) is 43.3 Å². The lowest BCUT2D eigenvalue weighted by molar-refractivity contribution is -0.127. The molecule has 3 aliphatic heterocycles. The third kappa shape index (κ3) is 3.90. The van der Waals surface area contributed by atoms with E-state index in [1.165, 1.54) is 0 Å². The molecule has 5 rings (SSSR count). The molecular formula is C30H36N4O6. The molecule has 0 spiro atoms. The third-order valence-corrected chi connectivity index (χ3v) is 8.79. The summed E-state index contributed by atoms with van der Waals surface area (Å²) in [6, 6.07) is 6.73. The van der Waals surface area contributed by atoms with Gasteiger partial charge < -0.3 is 19.7 Å². The van der Waals surface area contributed by atoms with Crippen molar-refractivity contribution in [3.05, 3.63) is 47.3 Å². The fourth-order valence-corrected chi connectivity index (χ4v) is 5.64. The van der Waals surface area contributed by atoms with Gasteiger partial charge in [-0.25, -0.2) is 0 Å². The number of rotatable bonds is 0. The van der Waals surface area contributed by atoms with Crippen LogP contribution < -0.4 is 10.9 Å². The van der Waals surface area contributed by atoms with Gasteiger partial charge in [0.2, 0.25) is 0 Å². The minimum absolute atomic E-state index is 0.123. The van der Waals surface area contributed by atoms with E-state index in [1.54, 1.807) is 79.7 Å². The molecule has 3 aliphatic rings. The van der Waals surface area contributed by atoms with Crippen LogP contribution in [0.1, 0.15) is 78.4 Å². The molecule has 2 aromatic rings. The Kier molecular flexibility index (Phi) is 6.13. The lowest BCUT2D eigenvalue weighted by Crippen LogP contribution is -2.45. The summed E-state index contributed by atoms with van der Waals surface area (Å²) in [7, 11) is 0. The van der Waals surface area contributed by atoms with Gasteiger partial charge in [-0.3, -0.25) is 19.2 Å². The summed E-state index contributed by atoms with van der Waals surface area (Å²) in [4.78, 5) is 55.7. The number of nitrogens with one attached hydrogen (secondary N) is 2. The molecule has 0 unspecified atom stereocenters. The first kappa shape index (κ1) is 27.7. The van der Waals surface area contributed by atoms with Crippen LogP contribution in [-0.4, -0.2) is 47.6 Å². The number of carbonyl (C=O) groups is 4. The number of carbonyl (C=O) groups excluding carboxylic acids is 4. The summed E-state index contributed by atoms with van der Waals surface area (Å²) in [6.07, 6.45) is 0. The van der Waals surface area contributed by atoms with Crippen molar-refractivity contribution in [3.8, 4) is 0 Å². The van der Waals surface area contributed by atoms with Crippen molar-refractivity contribution in [1.82, 2.24) is 10.9 Å². The summed E-state index contributed by atoms with van der Waals surface area (Å²) >= 11 is 0. The fourth-order valence-electron chi connectivity index (χ4n) is 5.64. The number of nitrogens with zero attached hydrogens (tertiary/aromatic N) is 2. The highest BCUT2D eigenvalue weighted by Gasteiger charge is 2.50. The Hall–Kier alpha value is -3.82. The van der Waals surface area contributed by atoms with Gasteiger partial charge in [-0.1, -0.05) is 0 Å². The topological polar surface area (TPSA) is 143 Å². The summed E-state index contributed by atoms with van der Waals surface area (Å²) < 4.78 is 12.4. The molecule has 0 amide bonds. The summed E-state index contributed by atoms with van der Waals surface area (Å²) in [6.45, 7) is 14.1. The van der Waals surface area contributed by atoms with E-state index in [4.69, 9.17) is 8.83 Å². The molecular weight excluding hydrogens is 512 g/mol. The normalized spacial score (nSPS) is 27.0. The number of hydrogen-bond donors (Lipinski definition) is 2. The fraction of sp³-hybridized carbons (Fsp3) is 0.533. The zero-order chi connectivity index (χ0) is 29.4. The summed E-state index contributed by atoms with van der Waals surface area (Å²) in [5.41, 5.74) is 1.30. The van der Waals surface area contributed by atoms with Crippen molar-refractivity contribution in [2.45, 2.75) is 77.0 Å². The van der Waals surface area contributed by atoms with Crippen LogP contribution in [0.2, 0.25) is 0 Å². The number of Topliss-reactive ketones (excluding diaryl/α,β-unsaturated/α-hetero) is 4. The summed E-state index contributed by atoms with van der Waals surface area (Å²) in [5, 5.41) is 8.48. The van der Waals surface area contributed by atoms with Crippen LogP contribution in [0.4, 0.5) is 0 Å². The maximum Gasteiger partial charge on any atom is 0.192 e. The van der Waals surface area contributed by atoms with Crippen LogP contribution in [0.25, 0.3) is 0 Å². The quantitative estimate of drug-likeness (QED) is 0.511. The van der Waals surface area contributed by atoms with Crippen LogP contribution in [0, 0.1) is 11.8 Å². The molecule has 2 N–H and O–H groups in total. The predicted octanol–water partition coefficient (Wildman–Crippen LogP) is 3.12. The van der Waals surface area contributed by atoms with E-state index in [2.05, 4.69) is 21.1 Å². The van der Waals surface area contributed by atoms with E-state index in [-0.39, 0.29) is 47.6 Å². The standard InChI is InChI=1S/C30H36N4O6/c1-27(2)17-9-11-19(39-17)29(5,6)26(38)22-16(14-32-34-22)24(36)28(3,4)18-10-12-20(40-18)30(7,8)25(37)21-15(23(27)35)13-31-33-21/h9-12,15-16,31-32H,13-14H2,1-8H3/t15-,16+. The first-order valence-corrected chi connectivity index (χ1v) is 13.5. The molecule has 10 nitrogen and oxygen atoms in total. The highest BCUT2D eigenvalue weighted by Crippen LogP contribution is 2.39. The lowest BCUT2D eigenvalue weighted by atomic mass is 9.73. The second kappa shape index (κ2) is 8.84. The second-order valence-electron chi connectivity index (χ2n) is 13.0.